The minimum absolute atomic E-state index is 0.00670. The highest BCUT2D eigenvalue weighted by atomic mass is 16.3. The Labute approximate surface area is 74.6 Å². The van der Waals surface area contributed by atoms with Crippen LogP contribution in [0.1, 0.15) is 32.6 Å². The van der Waals surface area contributed by atoms with E-state index in [9.17, 15) is 5.11 Å². The molecule has 1 saturated heterocycles. The third kappa shape index (κ3) is 1.64. The maximum atomic E-state index is 9.19. The van der Waals surface area contributed by atoms with E-state index in [1.54, 1.807) is 0 Å². The highest BCUT2D eigenvalue weighted by molar-refractivity contribution is 4.88. The van der Waals surface area contributed by atoms with Crippen molar-refractivity contribution in [2.45, 2.75) is 44.8 Å². The summed E-state index contributed by atoms with van der Waals surface area (Å²) in [4.78, 5) is 2.57. The highest BCUT2D eigenvalue weighted by Gasteiger charge is 2.33. The van der Waals surface area contributed by atoms with Gasteiger partial charge in [0.2, 0.25) is 0 Å². The molecule has 2 nitrogen and oxygen atoms in total. The van der Waals surface area contributed by atoms with Crippen molar-refractivity contribution in [3.63, 3.8) is 0 Å². The van der Waals surface area contributed by atoms with Gasteiger partial charge in [0.1, 0.15) is 0 Å². The van der Waals surface area contributed by atoms with Crippen LogP contribution in [0.5, 0.6) is 0 Å². The predicted octanol–water partition coefficient (Wildman–Crippen LogP) is 1.24. The number of likely N-dealkylation sites (tertiary alicyclic amines) is 1. The van der Waals surface area contributed by atoms with Crippen LogP contribution in [0.3, 0.4) is 0 Å². The molecule has 0 spiro atoms. The molecule has 12 heavy (non-hydrogen) atoms. The molecule has 0 aromatic heterocycles. The van der Waals surface area contributed by atoms with Crippen LogP contribution in [0.15, 0.2) is 0 Å². The SMILES string of the molecule is C[C@H]1CCCN(C2CC(O)C2)C1. The molecule has 1 heterocycles. The average Bonchev–Trinajstić information content (AvgIpc) is 1.99. The Bertz CT molecular complexity index is 154. The van der Waals surface area contributed by atoms with Crippen LogP contribution in [-0.4, -0.2) is 35.2 Å². The van der Waals surface area contributed by atoms with Crippen LogP contribution in [0.2, 0.25) is 0 Å². The van der Waals surface area contributed by atoms with E-state index in [-0.39, 0.29) is 6.10 Å². The van der Waals surface area contributed by atoms with Gasteiger partial charge in [0, 0.05) is 12.6 Å². The highest BCUT2D eigenvalue weighted by Crippen LogP contribution is 2.29. The number of nitrogens with zero attached hydrogens (tertiary/aromatic N) is 1. The summed E-state index contributed by atoms with van der Waals surface area (Å²) in [5, 5.41) is 9.19. The van der Waals surface area contributed by atoms with E-state index in [1.807, 2.05) is 0 Å². The first-order chi connectivity index (χ1) is 5.75. The van der Waals surface area contributed by atoms with Gasteiger partial charge in [-0.05, 0) is 38.1 Å². The van der Waals surface area contributed by atoms with Gasteiger partial charge in [-0.25, -0.2) is 0 Å². The number of aliphatic hydroxyl groups is 1. The minimum atomic E-state index is 0.00670. The van der Waals surface area contributed by atoms with E-state index in [0.29, 0.717) is 6.04 Å². The Morgan fingerprint density at radius 1 is 1.33 bits per heavy atom. The molecule has 2 fully saturated rings. The number of hydrogen-bond acceptors (Lipinski definition) is 2. The van der Waals surface area contributed by atoms with Crippen LogP contribution < -0.4 is 0 Å². The summed E-state index contributed by atoms with van der Waals surface area (Å²) in [5.74, 6) is 0.872. The lowest BCUT2D eigenvalue weighted by atomic mass is 9.86. The zero-order valence-corrected chi connectivity index (χ0v) is 7.87. The zero-order valence-electron chi connectivity index (χ0n) is 7.87. The molecular weight excluding hydrogens is 150 g/mol. The van der Waals surface area contributed by atoms with Crippen molar-refractivity contribution in [1.29, 1.82) is 0 Å². The Kier molecular flexibility index (Phi) is 2.37. The first kappa shape index (κ1) is 8.52. The molecule has 70 valence electrons. The zero-order chi connectivity index (χ0) is 8.55. The molecule has 0 bridgehead atoms. The Hall–Kier alpha value is -0.0800. The van der Waals surface area contributed by atoms with E-state index in [2.05, 4.69) is 11.8 Å². The van der Waals surface area contributed by atoms with Crippen LogP contribution >= 0.6 is 0 Å². The lowest BCUT2D eigenvalue weighted by molar-refractivity contribution is -0.0133. The maximum absolute atomic E-state index is 9.19. The van der Waals surface area contributed by atoms with Gasteiger partial charge in [-0.15, -0.1) is 0 Å². The lowest BCUT2D eigenvalue weighted by Gasteiger charge is -2.44. The van der Waals surface area contributed by atoms with E-state index >= 15 is 0 Å². The van der Waals surface area contributed by atoms with Crippen molar-refractivity contribution in [1.82, 2.24) is 4.90 Å². The molecule has 2 rings (SSSR count). The molecule has 1 saturated carbocycles. The molecule has 1 atom stereocenters. The molecule has 0 aromatic rings. The summed E-state index contributed by atoms with van der Waals surface area (Å²) in [6.45, 7) is 4.86. The monoisotopic (exact) mass is 169 g/mol. The van der Waals surface area contributed by atoms with Gasteiger partial charge in [-0.3, -0.25) is 4.90 Å². The molecule has 0 radical (unpaired) electrons. The summed E-state index contributed by atoms with van der Waals surface area (Å²) in [5.41, 5.74) is 0. The van der Waals surface area contributed by atoms with Crippen LogP contribution in [-0.2, 0) is 0 Å². The molecule has 0 aromatic carbocycles. The molecule has 1 N–H and O–H groups in total. The lowest BCUT2D eigenvalue weighted by Crippen LogP contribution is -2.50. The molecule has 1 aliphatic heterocycles. The number of hydrogen-bond donors (Lipinski definition) is 1. The van der Waals surface area contributed by atoms with Crippen molar-refractivity contribution in [2.75, 3.05) is 13.1 Å². The predicted molar refractivity (Wildman–Crippen MR) is 49.0 cm³/mol. The van der Waals surface area contributed by atoms with Gasteiger partial charge in [0.15, 0.2) is 0 Å². The standard InChI is InChI=1S/C10H19NO/c1-8-3-2-4-11(7-8)9-5-10(12)6-9/h8-10,12H,2-7H2,1H3/t8-,9?,10?/m0/s1. The normalized spacial score (nSPS) is 44.0. The first-order valence-corrected chi connectivity index (χ1v) is 5.18. The fraction of sp³-hybridized carbons (Fsp3) is 1.00. The van der Waals surface area contributed by atoms with Crippen molar-refractivity contribution in [3.05, 3.63) is 0 Å². The van der Waals surface area contributed by atoms with E-state index in [4.69, 9.17) is 0 Å². The van der Waals surface area contributed by atoms with Crippen molar-refractivity contribution >= 4 is 0 Å². The fourth-order valence-electron chi connectivity index (χ4n) is 2.41. The summed E-state index contributed by atoms with van der Waals surface area (Å²) in [6, 6.07) is 0.711. The van der Waals surface area contributed by atoms with E-state index < -0.39 is 0 Å². The van der Waals surface area contributed by atoms with E-state index in [1.165, 1.54) is 25.9 Å². The van der Waals surface area contributed by atoms with Crippen molar-refractivity contribution in [2.24, 2.45) is 5.92 Å². The molecular formula is C10H19NO. The largest absolute Gasteiger partial charge is 0.393 e. The van der Waals surface area contributed by atoms with Crippen LogP contribution in [0, 0.1) is 5.92 Å². The van der Waals surface area contributed by atoms with Crippen molar-refractivity contribution in [3.8, 4) is 0 Å². The number of aliphatic hydroxyl groups excluding tert-OH is 1. The van der Waals surface area contributed by atoms with E-state index in [0.717, 1.165) is 18.8 Å². The van der Waals surface area contributed by atoms with Crippen LogP contribution in [0.4, 0.5) is 0 Å². The third-order valence-electron chi connectivity index (χ3n) is 3.29. The Balaban J connectivity index is 1.80. The molecule has 1 aliphatic carbocycles. The second-order valence-electron chi connectivity index (χ2n) is 4.52. The second-order valence-corrected chi connectivity index (χ2v) is 4.52. The topological polar surface area (TPSA) is 23.5 Å². The number of piperidine rings is 1. The molecule has 2 heteroatoms. The number of rotatable bonds is 1. The average molecular weight is 169 g/mol. The summed E-state index contributed by atoms with van der Waals surface area (Å²) >= 11 is 0. The third-order valence-corrected chi connectivity index (χ3v) is 3.29. The first-order valence-electron chi connectivity index (χ1n) is 5.18. The summed E-state index contributed by atoms with van der Waals surface area (Å²) < 4.78 is 0. The van der Waals surface area contributed by atoms with Gasteiger partial charge in [-0.2, -0.15) is 0 Å². The molecule has 0 unspecified atom stereocenters. The van der Waals surface area contributed by atoms with Gasteiger partial charge in [-0.1, -0.05) is 6.92 Å². The van der Waals surface area contributed by atoms with Gasteiger partial charge in [0.25, 0.3) is 0 Å². The summed E-state index contributed by atoms with van der Waals surface area (Å²) in [6.07, 6.45) is 4.80. The minimum Gasteiger partial charge on any atom is -0.393 e. The quantitative estimate of drug-likeness (QED) is 0.638. The van der Waals surface area contributed by atoms with Gasteiger partial charge in [0.05, 0.1) is 6.10 Å². The van der Waals surface area contributed by atoms with Gasteiger partial charge >= 0.3 is 0 Å². The van der Waals surface area contributed by atoms with Crippen LogP contribution in [0.25, 0.3) is 0 Å². The smallest absolute Gasteiger partial charge is 0.0570 e. The summed E-state index contributed by atoms with van der Waals surface area (Å²) in [7, 11) is 0. The molecule has 0 amide bonds. The second kappa shape index (κ2) is 3.35. The molecule has 2 aliphatic rings. The Morgan fingerprint density at radius 3 is 2.67 bits per heavy atom. The van der Waals surface area contributed by atoms with Crippen molar-refractivity contribution < 1.29 is 5.11 Å². The van der Waals surface area contributed by atoms with Gasteiger partial charge < -0.3 is 5.11 Å². The fourth-order valence-corrected chi connectivity index (χ4v) is 2.41. The maximum Gasteiger partial charge on any atom is 0.0570 e. The Morgan fingerprint density at radius 2 is 2.08 bits per heavy atom.